The van der Waals surface area contributed by atoms with Gasteiger partial charge in [0, 0.05) is 5.25 Å². The van der Waals surface area contributed by atoms with Gasteiger partial charge in [-0.05, 0) is 19.8 Å². The summed E-state index contributed by atoms with van der Waals surface area (Å²) in [6.45, 7) is 1.76. The van der Waals surface area contributed by atoms with Gasteiger partial charge in [-0.1, -0.05) is 48.2 Å². The summed E-state index contributed by atoms with van der Waals surface area (Å²) in [5, 5.41) is 9.53. The van der Waals surface area contributed by atoms with Gasteiger partial charge in [-0.15, -0.1) is 0 Å². The summed E-state index contributed by atoms with van der Waals surface area (Å²) < 4.78 is 43.8. The molecule has 2 aliphatic rings. The lowest BCUT2D eigenvalue weighted by molar-refractivity contribution is -0.132. The number of aromatic nitrogens is 1. The Morgan fingerprint density at radius 2 is 2.12 bits per heavy atom. The van der Waals surface area contributed by atoms with Crippen molar-refractivity contribution in [3.05, 3.63) is 59.2 Å². The molecule has 1 aromatic rings. The van der Waals surface area contributed by atoms with Crippen molar-refractivity contribution >= 4 is 17.7 Å². The highest BCUT2D eigenvalue weighted by Crippen LogP contribution is 2.37. The van der Waals surface area contributed by atoms with Crippen LogP contribution in [0.25, 0.3) is 0 Å². The lowest BCUT2D eigenvalue weighted by atomic mass is 9.96. The van der Waals surface area contributed by atoms with E-state index in [1.807, 2.05) is 0 Å². The van der Waals surface area contributed by atoms with Crippen LogP contribution in [-0.2, 0) is 4.79 Å². The number of halogens is 3. The van der Waals surface area contributed by atoms with Crippen molar-refractivity contribution in [1.82, 2.24) is 4.98 Å². The van der Waals surface area contributed by atoms with E-state index in [4.69, 9.17) is 9.52 Å². The fourth-order valence-corrected chi connectivity index (χ4v) is 3.75. The number of nitrogens with zero attached hydrogens (tertiary/aromatic N) is 1. The molecule has 0 spiro atoms. The van der Waals surface area contributed by atoms with Gasteiger partial charge in [-0.25, -0.2) is 9.78 Å². The summed E-state index contributed by atoms with van der Waals surface area (Å²) >= 11 is 1.36. The van der Waals surface area contributed by atoms with E-state index in [0.717, 1.165) is 12.2 Å². The zero-order chi connectivity index (χ0) is 18.9. The zero-order valence-electron chi connectivity index (χ0n) is 13.8. The topological polar surface area (TPSA) is 63.3 Å². The molecule has 26 heavy (non-hydrogen) atoms. The van der Waals surface area contributed by atoms with E-state index in [-0.39, 0.29) is 23.2 Å². The number of carbonyl (C=O) groups is 1. The van der Waals surface area contributed by atoms with E-state index in [1.165, 1.54) is 17.8 Å². The fraction of sp³-hybridized carbons (Fsp3) is 0.333. The Balaban J connectivity index is 1.71. The number of hydrogen-bond donors (Lipinski definition) is 1. The van der Waals surface area contributed by atoms with E-state index >= 15 is 0 Å². The Kier molecular flexibility index (Phi) is 5.13. The molecule has 0 fully saturated rings. The third kappa shape index (κ3) is 4.12. The van der Waals surface area contributed by atoms with Gasteiger partial charge in [0.2, 0.25) is 5.89 Å². The van der Waals surface area contributed by atoms with Crippen molar-refractivity contribution in [3.8, 4) is 0 Å². The second kappa shape index (κ2) is 7.19. The molecule has 1 heterocycles. The van der Waals surface area contributed by atoms with Crippen LogP contribution in [0.5, 0.6) is 0 Å². The van der Waals surface area contributed by atoms with Crippen molar-refractivity contribution in [2.75, 3.05) is 0 Å². The number of carboxylic acid groups (broad SMARTS) is 1. The van der Waals surface area contributed by atoms with Crippen molar-refractivity contribution in [3.63, 3.8) is 0 Å². The van der Waals surface area contributed by atoms with E-state index in [0.29, 0.717) is 23.1 Å². The summed E-state index contributed by atoms with van der Waals surface area (Å²) in [5.74, 6) is -0.959. The van der Waals surface area contributed by atoms with Crippen LogP contribution in [0.3, 0.4) is 0 Å². The molecule has 0 aliphatic heterocycles. The molecular formula is C18H16F3NO3S. The average Bonchev–Trinajstić information content (AvgIpc) is 2.95. The second-order valence-electron chi connectivity index (χ2n) is 6.01. The summed E-state index contributed by atoms with van der Waals surface area (Å²) in [4.78, 5) is 15.4. The minimum atomic E-state index is -4.35. The fourth-order valence-electron chi connectivity index (χ4n) is 2.70. The van der Waals surface area contributed by atoms with Crippen LogP contribution in [0.15, 0.2) is 57.1 Å². The van der Waals surface area contributed by atoms with E-state index in [1.54, 1.807) is 25.2 Å². The minimum absolute atomic E-state index is 0.0933. The van der Waals surface area contributed by atoms with Gasteiger partial charge < -0.3 is 9.52 Å². The number of aliphatic carboxylic acids is 1. The number of aryl methyl sites for hydroxylation is 1. The first-order chi connectivity index (χ1) is 12.2. The third-order valence-corrected chi connectivity index (χ3v) is 5.28. The number of carboxylic acids is 1. The summed E-state index contributed by atoms with van der Waals surface area (Å²) in [6, 6.07) is 0. The summed E-state index contributed by atoms with van der Waals surface area (Å²) in [7, 11) is 0. The number of rotatable bonds is 4. The molecule has 0 saturated heterocycles. The van der Waals surface area contributed by atoms with Crippen molar-refractivity contribution in [1.29, 1.82) is 0 Å². The number of alkyl halides is 3. The van der Waals surface area contributed by atoms with Gasteiger partial charge in [0.1, 0.15) is 0 Å². The lowest BCUT2D eigenvalue weighted by Crippen LogP contribution is -2.13. The highest BCUT2D eigenvalue weighted by atomic mass is 32.2. The molecule has 1 aromatic heterocycles. The molecule has 138 valence electrons. The van der Waals surface area contributed by atoms with Gasteiger partial charge >= 0.3 is 12.1 Å². The van der Waals surface area contributed by atoms with Crippen LogP contribution in [0.2, 0.25) is 0 Å². The van der Waals surface area contributed by atoms with Crippen molar-refractivity contribution < 1.29 is 27.5 Å². The molecule has 8 heteroatoms. The second-order valence-corrected chi connectivity index (χ2v) is 7.22. The van der Waals surface area contributed by atoms with E-state index in [2.05, 4.69) is 4.98 Å². The highest BCUT2D eigenvalue weighted by molar-refractivity contribution is 8.00. The SMILES string of the molecule is Cc1nc(C2C=CC(C(F)(F)F)=CC2)oc1SC1C=C(C(=O)O)C=CC1. The number of hydrogen-bond acceptors (Lipinski definition) is 4. The highest BCUT2D eigenvalue weighted by Gasteiger charge is 2.34. The lowest BCUT2D eigenvalue weighted by Gasteiger charge is -2.15. The Hall–Kier alpha value is -2.22. The number of allylic oxidation sites excluding steroid dienone is 5. The number of thioether (sulfide) groups is 1. The maximum Gasteiger partial charge on any atom is 0.416 e. The van der Waals surface area contributed by atoms with Gasteiger partial charge in [0.25, 0.3) is 0 Å². The van der Waals surface area contributed by atoms with Gasteiger partial charge in [0.15, 0.2) is 5.09 Å². The number of oxazole rings is 1. The molecule has 0 saturated carbocycles. The first kappa shape index (κ1) is 18.6. The van der Waals surface area contributed by atoms with Crippen LogP contribution >= 0.6 is 11.8 Å². The molecule has 3 rings (SSSR count). The average molecular weight is 383 g/mol. The first-order valence-electron chi connectivity index (χ1n) is 7.95. The molecule has 2 unspecified atom stereocenters. The monoisotopic (exact) mass is 383 g/mol. The molecule has 1 N–H and O–H groups in total. The predicted molar refractivity (Wildman–Crippen MR) is 91.0 cm³/mol. The predicted octanol–water partition coefficient (Wildman–Crippen LogP) is 4.95. The minimum Gasteiger partial charge on any atom is -0.478 e. The Morgan fingerprint density at radius 3 is 2.73 bits per heavy atom. The van der Waals surface area contributed by atoms with Gasteiger partial charge in [0.05, 0.1) is 22.8 Å². The third-order valence-electron chi connectivity index (χ3n) is 4.05. The summed E-state index contributed by atoms with van der Waals surface area (Å²) in [6.07, 6.45) is 5.15. The maximum atomic E-state index is 12.7. The maximum absolute atomic E-state index is 12.7. The molecule has 2 atom stereocenters. The Labute approximate surface area is 152 Å². The molecule has 4 nitrogen and oxygen atoms in total. The van der Waals surface area contributed by atoms with Crippen LogP contribution in [0.4, 0.5) is 13.2 Å². The Bertz CT molecular complexity index is 833. The molecular weight excluding hydrogens is 367 g/mol. The first-order valence-corrected chi connectivity index (χ1v) is 8.83. The molecule has 0 bridgehead atoms. The van der Waals surface area contributed by atoms with E-state index in [9.17, 15) is 18.0 Å². The normalized spacial score (nSPS) is 22.9. The standard InChI is InChI=1S/C18H16F3NO3S/c1-10-17(26-14-4-2-3-12(9-14)16(23)24)25-15(22-10)11-5-7-13(8-6-11)18(19,20)21/h2-3,5,7-9,11,14H,4,6H2,1H3,(H,23,24). The molecule has 2 aliphatic carbocycles. The quantitative estimate of drug-likeness (QED) is 0.797. The van der Waals surface area contributed by atoms with Crippen LogP contribution in [-0.4, -0.2) is 27.5 Å². The van der Waals surface area contributed by atoms with E-state index < -0.39 is 17.7 Å². The van der Waals surface area contributed by atoms with Gasteiger partial charge in [-0.3, -0.25) is 0 Å². The Morgan fingerprint density at radius 1 is 1.35 bits per heavy atom. The van der Waals surface area contributed by atoms with Gasteiger partial charge in [-0.2, -0.15) is 13.2 Å². The molecule has 0 aromatic carbocycles. The van der Waals surface area contributed by atoms with Crippen molar-refractivity contribution in [2.45, 2.75) is 42.2 Å². The molecule has 0 amide bonds. The largest absolute Gasteiger partial charge is 0.478 e. The smallest absolute Gasteiger partial charge is 0.416 e. The zero-order valence-corrected chi connectivity index (χ0v) is 14.6. The van der Waals surface area contributed by atoms with Crippen LogP contribution in [0.1, 0.15) is 30.3 Å². The van der Waals surface area contributed by atoms with Crippen LogP contribution in [0, 0.1) is 6.92 Å². The van der Waals surface area contributed by atoms with Crippen molar-refractivity contribution in [2.24, 2.45) is 0 Å². The van der Waals surface area contributed by atoms with Crippen LogP contribution < -0.4 is 0 Å². The molecule has 0 radical (unpaired) electrons. The summed E-state index contributed by atoms with van der Waals surface area (Å²) in [5.41, 5.74) is 0.210.